The number of halogens is 6. The number of nitrogens with two attached hydrogens (primary N) is 1. The summed E-state index contributed by atoms with van der Waals surface area (Å²) in [4.78, 5) is 3.88. The van der Waals surface area contributed by atoms with Crippen molar-refractivity contribution in [2.45, 2.75) is 12.4 Å². The molecule has 0 aliphatic rings. The number of alkyl halides is 6. The molecule has 3 aromatic carbocycles. The highest BCUT2D eigenvalue weighted by molar-refractivity contribution is 6.11. The van der Waals surface area contributed by atoms with E-state index in [1.54, 1.807) is 6.07 Å². The topological polar surface area (TPSA) is 67.1 Å². The molecule has 0 amide bonds. The Morgan fingerprint density at radius 2 is 1.43 bits per heavy atom. The first-order valence-corrected chi connectivity index (χ1v) is 10.1. The zero-order chi connectivity index (χ0) is 25.5. The van der Waals surface area contributed by atoms with Crippen molar-refractivity contribution in [3.05, 3.63) is 83.1 Å². The van der Waals surface area contributed by atoms with Gasteiger partial charge in [-0.3, -0.25) is 4.99 Å². The Morgan fingerprint density at radius 1 is 0.886 bits per heavy atom. The predicted octanol–water partition coefficient (Wildman–Crippen LogP) is 6.69. The van der Waals surface area contributed by atoms with Crippen LogP contribution in [0.4, 0.5) is 26.3 Å². The smallest absolute Gasteiger partial charge is 0.404 e. The second-order valence-corrected chi connectivity index (χ2v) is 7.65. The molecule has 0 spiro atoms. The van der Waals surface area contributed by atoms with Crippen molar-refractivity contribution in [2.75, 3.05) is 7.05 Å². The number of nitrogens with zero attached hydrogens (tertiary/aromatic N) is 3. The summed E-state index contributed by atoms with van der Waals surface area (Å²) in [5.74, 6) is 0. The maximum atomic E-state index is 13.5. The third-order valence-corrected chi connectivity index (χ3v) is 5.56. The summed E-state index contributed by atoms with van der Waals surface area (Å²) < 4.78 is 82.1. The number of hydrogen-bond acceptors (Lipinski definition) is 3. The van der Waals surface area contributed by atoms with Crippen LogP contribution in [-0.4, -0.2) is 17.8 Å². The molecule has 0 unspecified atom stereocenters. The van der Waals surface area contributed by atoms with Crippen molar-refractivity contribution in [2.24, 2.45) is 10.7 Å². The van der Waals surface area contributed by atoms with E-state index in [1.165, 1.54) is 48.3 Å². The van der Waals surface area contributed by atoms with Gasteiger partial charge in [0.25, 0.3) is 0 Å². The summed E-state index contributed by atoms with van der Waals surface area (Å²) in [6, 6.07) is 12.4. The Balaban J connectivity index is 2.12. The van der Waals surface area contributed by atoms with Gasteiger partial charge in [0.15, 0.2) is 0 Å². The van der Waals surface area contributed by atoms with Gasteiger partial charge >= 0.3 is 12.4 Å². The van der Waals surface area contributed by atoms with Gasteiger partial charge in [0.2, 0.25) is 0 Å². The van der Waals surface area contributed by atoms with Crippen LogP contribution in [0.25, 0.3) is 33.1 Å². The fourth-order valence-electron chi connectivity index (χ4n) is 3.98. The number of hydrogen-bond donors (Lipinski definition) is 1. The van der Waals surface area contributed by atoms with Crippen LogP contribution < -0.4 is 5.73 Å². The van der Waals surface area contributed by atoms with E-state index in [0.29, 0.717) is 21.9 Å². The van der Waals surface area contributed by atoms with Gasteiger partial charge in [-0.25, -0.2) is 0 Å². The van der Waals surface area contributed by atoms with E-state index in [-0.39, 0.29) is 22.3 Å². The summed E-state index contributed by atoms with van der Waals surface area (Å²) in [5.41, 5.74) is 4.87. The van der Waals surface area contributed by atoms with Gasteiger partial charge in [0.05, 0.1) is 33.4 Å². The monoisotopic (exact) mass is 486 g/mol. The lowest BCUT2D eigenvalue weighted by molar-refractivity contribution is -0.138. The number of benzene rings is 3. The van der Waals surface area contributed by atoms with Gasteiger partial charge in [-0.1, -0.05) is 18.2 Å². The highest BCUT2D eigenvalue weighted by atomic mass is 19.4. The molecule has 0 aliphatic heterocycles. The average Bonchev–Trinajstić information content (AvgIpc) is 3.14. The van der Waals surface area contributed by atoms with E-state index < -0.39 is 23.5 Å². The maximum absolute atomic E-state index is 13.5. The van der Waals surface area contributed by atoms with Crippen LogP contribution in [0.1, 0.15) is 22.3 Å². The van der Waals surface area contributed by atoms with Gasteiger partial charge in [0.1, 0.15) is 6.07 Å². The van der Waals surface area contributed by atoms with Gasteiger partial charge in [-0.2, -0.15) is 31.6 Å². The molecular formula is C25H16F6N4. The van der Waals surface area contributed by atoms with E-state index in [4.69, 9.17) is 5.73 Å². The second-order valence-electron chi connectivity index (χ2n) is 7.65. The van der Waals surface area contributed by atoms with Crippen molar-refractivity contribution in [3.8, 4) is 11.8 Å². The maximum Gasteiger partial charge on any atom is 0.416 e. The molecule has 1 heterocycles. The third kappa shape index (κ3) is 4.21. The first-order chi connectivity index (χ1) is 16.5. The summed E-state index contributed by atoms with van der Waals surface area (Å²) in [5, 5.41) is 10.5. The van der Waals surface area contributed by atoms with Crippen LogP contribution in [-0.2, 0) is 12.4 Å². The van der Waals surface area contributed by atoms with E-state index >= 15 is 0 Å². The highest BCUT2D eigenvalue weighted by Gasteiger charge is 2.33. The number of rotatable bonds is 3. The Bertz CT molecular complexity index is 1480. The number of aromatic nitrogens is 1. The normalized spacial score (nSPS) is 13.1. The van der Waals surface area contributed by atoms with Gasteiger partial charge < -0.3 is 10.3 Å². The number of aliphatic imine (C=N–C) groups is 1. The molecule has 0 bridgehead atoms. The van der Waals surface area contributed by atoms with E-state index in [9.17, 15) is 31.6 Å². The minimum Gasteiger partial charge on any atom is -0.404 e. The number of allylic oxidation sites excluding steroid dienone is 1. The number of fused-ring (bicyclic) bond motifs is 3. The van der Waals surface area contributed by atoms with Gasteiger partial charge in [-0.15, -0.1) is 0 Å². The van der Waals surface area contributed by atoms with Crippen LogP contribution in [0.5, 0.6) is 0 Å². The molecule has 0 aliphatic carbocycles. The Hall–Kier alpha value is -4.26. The van der Waals surface area contributed by atoms with Crippen LogP contribution in [0, 0.1) is 11.3 Å². The Labute approximate surface area is 195 Å². The first kappa shape index (κ1) is 23.9. The molecule has 0 radical (unpaired) electrons. The lowest BCUT2D eigenvalue weighted by Gasteiger charge is -2.14. The Morgan fingerprint density at radius 3 is 1.86 bits per heavy atom. The molecule has 4 rings (SSSR count). The fraction of sp³-hybridized carbons (Fsp3) is 0.120. The molecule has 0 atom stereocenters. The van der Waals surface area contributed by atoms with E-state index in [1.807, 2.05) is 6.07 Å². The quantitative estimate of drug-likeness (QED) is 0.259. The summed E-state index contributed by atoms with van der Waals surface area (Å²) >= 11 is 0. The molecule has 178 valence electrons. The molecule has 0 fully saturated rings. The largest absolute Gasteiger partial charge is 0.416 e. The van der Waals surface area contributed by atoms with Crippen molar-refractivity contribution >= 4 is 33.6 Å². The molecule has 1 aromatic heterocycles. The lowest BCUT2D eigenvalue weighted by atomic mass is 10.0. The highest BCUT2D eigenvalue weighted by Crippen LogP contribution is 2.40. The molecule has 0 saturated heterocycles. The van der Waals surface area contributed by atoms with E-state index in [2.05, 4.69) is 4.99 Å². The zero-order valence-electron chi connectivity index (χ0n) is 18.0. The average molecular weight is 486 g/mol. The van der Waals surface area contributed by atoms with Crippen molar-refractivity contribution in [1.82, 2.24) is 4.57 Å². The minimum atomic E-state index is -4.67. The predicted molar refractivity (Wildman–Crippen MR) is 122 cm³/mol. The van der Waals surface area contributed by atoms with Crippen molar-refractivity contribution < 1.29 is 26.3 Å². The summed E-state index contributed by atoms with van der Waals surface area (Å²) in [7, 11) is 1.53. The molecule has 35 heavy (non-hydrogen) atoms. The summed E-state index contributed by atoms with van der Waals surface area (Å²) in [6.07, 6.45) is -6.61. The van der Waals surface area contributed by atoms with Crippen LogP contribution >= 0.6 is 0 Å². The zero-order valence-corrected chi connectivity index (χ0v) is 18.0. The molecule has 2 N–H and O–H groups in total. The van der Waals surface area contributed by atoms with Crippen molar-refractivity contribution in [3.63, 3.8) is 0 Å². The molecular weight excluding hydrogens is 470 g/mol. The number of nitriles is 1. The van der Waals surface area contributed by atoms with Crippen LogP contribution in [0.15, 0.2) is 65.8 Å². The van der Waals surface area contributed by atoms with Crippen LogP contribution in [0.3, 0.4) is 0 Å². The van der Waals surface area contributed by atoms with Gasteiger partial charge in [-0.05, 0) is 42.0 Å². The first-order valence-electron chi connectivity index (χ1n) is 10.1. The lowest BCUT2D eigenvalue weighted by Crippen LogP contribution is -2.06. The molecule has 10 heteroatoms. The third-order valence-electron chi connectivity index (χ3n) is 5.56. The van der Waals surface area contributed by atoms with Gasteiger partial charge in [0, 0.05) is 35.8 Å². The SMILES string of the molecule is CN=CC(=CN)c1ccc(-n2c3cc(C(F)(F)F)ccc3c3ccc(C(F)(F)F)cc32)c(C#N)c1. The second kappa shape index (κ2) is 8.51. The molecule has 0 saturated carbocycles. The standard InChI is InChI=1S/C25H16F6N4/c1-34-13-16(12-33)14-2-7-21(15(8-14)11-32)35-22-9-17(24(26,27)28)3-5-19(22)20-6-4-18(10-23(20)35)25(29,30)31/h2-10,12-13H,33H2,1H3. The minimum absolute atomic E-state index is 0.0168. The molecule has 4 nitrogen and oxygen atoms in total. The molecule has 4 aromatic rings. The van der Waals surface area contributed by atoms with E-state index in [0.717, 1.165) is 24.3 Å². The summed E-state index contributed by atoms with van der Waals surface area (Å²) in [6.45, 7) is 0. The Kier molecular flexibility index (Phi) is 5.80. The van der Waals surface area contributed by atoms with Crippen LogP contribution in [0.2, 0.25) is 0 Å². The fourth-order valence-corrected chi connectivity index (χ4v) is 3.98. The van der Waals surface area contributed by atoms with Crippen molar-refractivity contribution in [1.29, 1.82) is 5.26 Å².